The van der Waals surface area contributed by atoms with Crippen LogP contribution < -0.4 is 0 Å². The molecule has 1 aliphatic heterocycles. The van der Waals surface area contributed by atoms with E-state index in [4.69, 9.17) is 9.90 Å². The lowest BCUT2D eigenvalue weighted by atomic mass is 10.1. The van der Waals surface area contributed by atoms with Gasteiger partial charge in [0.1, 0.15) is 0 Å². The topological polar surface area (TPSA) is 54.6 Å². The molecule has 0 spiro atoms. The van der Waals surface area contributed by atoms with E-state index < -0.39 is 0 Å². The Morgan fingerprint density at radius 1 is 1.16 bits per heavy atom. The number of hydrogen-bond acceptors (Lipinski definition) is 2. The van der Waals surface area contributed by atoms with Crippen LogP contribution in [-0.4, -0.2) is 22.4 Å². The lowest BCUT2D eigenvalue weighted by Gasteiger charge is -2.19. The summed E-state index contributed by atoms with van der Waals surface area (Å²) >= 11 is 0. The van der Waals surface area contributed by atoms with Gasteiger partial charge >= 0.3 is 0 Å². The SMILES string of the molecule is Cc1ccc2c(c1)cc(-c1ccccc1)n2C1C=NC=CC1.O=CO. The van der Waals surface area contributed by atoms with E-state index in [1.165, 1.54) is 27.7 Å². The Bertz CT molecular complexity index is 924. The van der Waals surface area contributed by atoms with Crippen LogP contribution in [-0.2, 0) is 4.79 Å². The zero-order valence-electron chi connectivity index (χ0n) is 14.0. The van der Waals surface area contributed by atoms with Crippen LogP contribution in [0.15, 0.2) is 71.9 Å². The average Bonchev–Trinajstić information content (AvgIpc) is 3.02. The van der Waals surface area contributed by atoms with Gasteiger partial charge in [0.15, 0.2) is 0 Å². The Morgan fingerprint density at radius 2 is 1.92 bits per heavy atom. The second-order valence-corrected chi connectivity index (χ2v) is 5.92. The molecular formula is C21H20N2O2. The van der Waals surface area contributed by atoms with Gasteiger partial charge in [-0.1, -0.05) is 48.0 Å². The first-order valence-electron chi connectivity index (χ1n) is 8.17. The third-order valence-corrected chi connectivity index (χ3v) is 4.22. The predicted molar refractivity (Wildman–Crippen MR) is 102 cm³/mol. The molecule has 1 N–H and O–H groups in total. The van der Waals surface area contributed by atoms with Crippen LogP contribution in [0.5, 0.6) is 0 Å². The van der Waals surface area contributed by atoms with Crippen LogP contribution in [0.3, 0.4) is 0 Å². The van der Waals surface area contributed by atoms with E-state index in [1.54, 1.807) is 0 Å². The molecule has 1 aromatic heterocycles. The van der Waals surface area contributed by atoms with Crippen molar-refractivity contribution >= 4 is 23.6 Å². The number of rotatable bonds is 2. The molecule has 0 saturated carbocycles. The fourth-order valence-corrected chi connectivity index (χ4v) is 3.19. The molecule has 0 aliphatic carbocycles. The largest absolute Gasteiger partial charge is 0.483 e. The maximum Gasteiger partial charge on any atom is 0.290 e. The van der Waals surface area contributed by atoms with Gasteiger partial charge in [-0.05, 0) is 37.1 Å². The summed E-state index contributed by atoms with van der Waals surface area (Å²) in [7, 11) is 0. The van der Waals surface area contributed by atoms with Gasteiger partial charge in [-0.15, -0.1) is 0 Å². The number of nitrogens with zero attached hydrogens (tertiary/aromatic N) is 2. The summed E-state index contributed by atoms with van der Waals surface area (Å²) in [6.07, 6.45) is 7.06. The van der Waals surface area contributed by atoms with Crippen molar-refractivity contribution in [2.75, 3.05) is 0 Å². The third-order valence-electron chi connectivity index (χ3n) is 4.22. The summed E-state index contributed by atoms with van der Waals surface area (Å²) in [6, 6.07) is 19.8. The lowest BCUT2D eigenvalue weighted by molar-refractivity contribution is -0.122. The van der Waals surface area contributed by atoms with Crippen LogP contribution in [0.2, 0.25) is 0 Å². The first kappa shape index (κ1) is 16.7. The van der Waals surface area contributed by atoms with E-state index >= 15 is 0 Å². The minimum atomic E-state index is -0.250. The molecule has 4 heteroatoms. The highest BCUT2D eigenvalue weighted by atomic mass is 16.3. The Morgan fingerprint density at radius 3 is 2.60 bits per heavy atom. The van der Waals surface area contributed by atoms with Gasteiger partial charge < -0.3 is 9.67 Å². The zero-order chi connectivity index (χ0) is 17.6. The Hall–Kier alpha value is -3.14. The number of fused-ring (bicyclic) bond motifs is 1. The minimum Gasteiger partial charge on any atom is -0.483 e. The van der Waals surface area contributed by atoms with E-state index in [9.17, 15) is 0 Å². The molecule has 4 nitrogen and oxygen atoms in total. The molecule has 25 heavy (non-hydrogen) atoms. The molecule has 1 unspecified atom stereocenters. The van der Waals surface area contributed by atoms with Crippen molar-refractivity contribution < 1.29 is 9.90 Å². The normalized spacial score (nSPS) is 15.6. The average molecular weight is 332 g/mol. The van der Waals surface area contributed by atoms with Gasteiger partial charge in [-0.25, -0.2) is 0 Å². The highest BCUT2D eigenvalue weighted by molar-refractivity contribution is 5.89. The van der Waals surface area contributed by atoms with Crippen molar-refractivity contribution in [3.8, 4) is 11.3 Å². The second-order valence-electron chi connectivity index (χ2n) is 5.92. The predicted octanol–water partition coefficient (Wildman–Crippen LogP) is 4.85. The van der Waals surface area contributed by atoms with Crippen molar-refractivity contribution in [1.82, 2.24) is 4.57 Å². The van der Waals surface area contributed by atoms with Crippen LogP contribution in [0, 0.1) is 6.92 Å². The van der Waals surface area contributed by atoms with Crippen molar-refractivity contribution in [3.63, 3.8) is 0 Å². The van der Waals surface area contributed by atoms with Gasteiger partial charge in [0.05, 0.1) is 6.04 Å². The molecule has 0 amide bonds. The second kappa shape index (κ2) is 7.62. The number of hydrogen-bond donors (Lipinski definition) is 1. The maximum atomic E-state index is 8.36. The molecule has 2 aromatic carbocycles. The number of allylic oxidation sites excluding steroid dienone is 1. The highest BCUT2D eigenvalue weighted by Crippen LogP contribution is 2.33. The quantitative estimate of drug-likeness (QED) is 0.682. The van der Waals surface area contributed by atoms with Gasteiger partial charge in [-0.3, -0.25) is 9.79 Å². The first-order chi connectivity index (χ1) is 12.2. The fourth-order valence-electron chi connectivity index (χ4n) is 3.19. The molecule has 0 fully saturated rings. The molecule has 1 atom stereocenters. The molecule has 1 aliphatic rings. The van der Waals surface area contributed by atoms with E-state index in [0.717, 1.165) is 6.42 Å². The molecule has 0 saturated heterocycles. The molecule has 4 rings (SSSR count). The number of carboxylic acid groups (broad SMARTS) is 1. The number of aliphatic imine (C=N–C) groups is 1. The molecule has 0 radical (unpaired) electrons. The van der Waals surface area contributed by atoms with Gasteiger partial charge in [0, 0.05) is 29.0 Å². The summed E-state index contributed by atoms with van der Waals surface area (Å²) in [6.45, 7) is 1.89. The first-order valence-corrected chi connectivity index (χ1v) is 8.17. The zero-order valence-corrected chi connectivity index (χ0v) is 14.0. The minimum absolute atomic E-state index is 0.250. The number of aromatic nitrogens is 1. The Kier molecular flexibility index (Phi) is 5.09. The summed E-state index contributed by atoms with van der Waals surface area (Å²) in [5.41, 5.74) is 5.07. The Labute approximate surface area is 146 Å². The van der Waals surface area contributed by atoms with Crippen molar-refractivity contribution in [3.05, 3.63) is 72.4 Å². The van der Waals surface area contributed by atoms with Gasteiger partial charge in [0.25, 0.3) is 6.47 Å². The van der Waals surface area contributed by atoms with E-state index in [2.05, 4.69) is 77.2 Å². The van der Waals surface area contributed by atoms with Gasteiger partial charge in [-0.2, -0.15) is 0 Å². The summed E-state index contributed by atoms with van der Waals surface area (Å²) in [5, 5.41) is 8.18. The van der Waals surface area contributed by atoms with Crippen molar-refractivity contribution in [1.29, 1.82) is 0 Å². The smallest absolute Gasteiger partial charge is 0.290 e. The molecule has 0 bridgehead atoms. The Balaban J connectivity index is 0.000000569. The molecule has 126 valence electrons. The van der Waals surface area contributed by atoms with Gasteiger partial charge in [0.2, 0.25) is 0 Å². The summed E-state index contributed by atoms with van der Waals surface area (Å²) < 4.78 is 2.41. The van der Waals surface area contributed by atoms with Crippen LogP contribution in [0.1, 0.15) is 18.0 Å². The third kappa shape index (κ3) is 3.53. The van der Waals surface area contributed by atoms with Crippen molar-refractivity contribution in [2.24, 2.45) is 4.99 Å². The highest BCUT2D eigenvalue weighted by Gasteiger charge is 2.17. The maximum absolute atomic E-state index is 8.36. The van der Waals surface area contributed by atoms with E-state index in [0.29, 0.717) is 0 Å². The number of benzene rings is 2. The molecule has 2 heterocycles. The summed E-state index contributed by atoms with van der Waals surface area (Å²) in [5.74, 6) is 0. The summed E-state index contributed by atoms with van der Waals surface area (Å²) in [4.78, 5) is 12.7. The van der Waals surface area contributed by atoms with Crippen LogP contribution in [0.25, 0.3) is 22.2 Å². The standard InChI is InChI=1S/C20H18N2.CH2O2/c1-15-9-10-19-17(12-15)13-20(16-6-3-2-4-7-16)22(19)18-8-5-11-21-14-18;2-1-3/h2-7,9-14,18H,8H2,1H3;1H,(H,2,3). The van der Waals surface area contributed by atoms with Crippen molar-refractivity contribution in [2.45, 2.75) is 19.4 Å². The van der Waals surface area contributed by atoms with Crippen LogP contribution >= 0.6 is 0 Å². The number of carbonyl (C=O) groups is 1. The fraction of sp³-hybridized carbons (Fsp3) is 0.143. The van der Waals surface area contributed by atoms with Crippen LogP contribution in [0.4, 0.5) is 0 Å². The monoisotopic (exact) mass is 332 g/mol. The lowest BCUT2D eigenvalue weighted by Crippen LogP contribution is -2.12. The van der Waals surface area contributed by atoms with E-state index in [-0.39, 0.29) is 12.5 Å². The number of aryl methyl sites for hydroxylation is 1. The molecule has 3 aromatic rings. The van der Waals surface area contributed by atoms with E-state index in [1.807, 2.05) is 12.4 Å². The molecular weight excluding hydrogens is 312 g/mol.